The molecule has 2 aromatic rings. The van der Waals surface area contributed by atoms with E-state index < -0.39 is 0 Å². The average Bonchev–Trinajstić information content (AvgIpc) is 3.37. The molecule has 2 atom stereocenters. The molecule has 1 unspecified atom stereocenters. The molecule has 0 saturated carbocycles. The van der Waals surface area contributed by atoms with Gasteiger partial charge in [-0.05, 0) is 45.6 Å². The van der Waals surface area contributed by atoms with Crippen molar-refractivity contribution < 1.29 is 13.7 Å². The number of likely N-dealkylation sites (tertiary alicyclic amines) is 1. The van der Waals surface area contributed by atoms with Gasteiger partial charge in [0.05, 0.1) is 11.7 Å². The second-order valence-corrected chi connectivity index (χ2v) is 6.98. The van der Waals surface area contributed by atoms with Crippen molar-refractivity contribution in [2.75, 3.05) is 13.2 Å². The van der Waals surface area contributed by atoms with Crippen LogP contribution in [0.2, 0.25) is 0 Å². The van der Waals surface area contributed by atoms with Crippen molar-refractivity contribution in [3.8, 4) is 0 Å². The van der Waals surface area contributed by atoms with Crippen molar-refractivity contribution in [3.05, 3.63) is 28.8 Å². The number of aromatic nitrogens is 3. The largest absolute Gasteiger partial charge is 0.421 e. The van der Waals surface area contributed by atoms with E-state index in [0.29, 0.717) is 5.89 Å². The van der Waals surface area contributed by atoms with Gasteiger partial charge in [-0.15, -0.1) is 10.2 Å². The normalized spacial score (nSPS) is 24.9. The van der Waals surface area contributed by atoms with E-state index >= 15 is 0 Å². The van der Waals surface area contributed by atoms with E-state index in [4.69, 9.17) is 13.7 Å². The molecule has 4 heterocycles. The zero-order valence-electron chi connectivity index (χ0n) is 15.0. The molecule has 4 rings (SSSR count). The first kappa shape index (κ1) is 16.7. The van der Waals surface area contributed by atoms with Gasteiger partial charge in [-0.1, -0.05) is 18.5 Å². The Morgan fingerprint density at radius 1 is 1.12 bits per heavy atom. The first-order valence-corrected chi connectivity index (χ1v) is 9.39. The van der Waals surface area contributed by atoms with Gasteiger partial charge in [0.2, 0.25) is 11.8 Å². The van der Waals surface area contributed by atoms with Crippen LogP contribution in [0.1, 0.15) is 80.0 Å². The van der Waals surface area contributed by atoms with Crippen LogP contribution in [0.3, 0.4) is 0 Å². The van der Waals surface area contributed by atoms with Crippen LogP contribution >= 0.6 is 0 Å². The molecule has 0 amide bonds. The molecule has 136 valence electrons. The van der Waals surface area contributed by atoms with Gasteiger partial charge < -0.3 is 13.7 Å². The molecular formula is C18H26N4O3. The monoisotopic (exact) mass is 346 g/mol. The minimum Gasteiger partial charge on any atom is -0.421 e. The van der Waals surface area contributed by atoms with Gasteiger partial charge in [-0.25, -0.2) is 0 Å². The summed E-state index contributed by atoms with van der Waals surface area (Å²) in [5.41, 5.74) is 2.25. The van der Waals surface area contributed by atoms with Crippen LogP contribution in [0.25, 0.3) is 0 Å². The smallest absolute Gasteiger partial charge is 0.245 e. The molecule has 0 radical (unpaired) electrons. The SMILES string of the molecule is CCc1noc(C)c1CN1CCCCC1c1nnc([C@H]2CCCO2)o1. The Labute approximate surface area is 147 Å². The van der Waals surface area contributed by atoms with Crippen LogP contribution < -0.4 is 0 Å². The highest BCUT2D eigenvalue weighted by atomic mass is 16.5. The molecule has 2 aliphatic rings. The Morgan fingerprint density at radius 3 is 2.80 bits per heavy atom. The highest BCUT2D eigenvalue weighted by molar-refractivity contribution is 5.22. The van der Waals surface area contributed by atoms with Crippen molar-refractivity contribution in [2.45, 2.75) is 71.1 Å². The summed E-state index contributed by atoms with van der Waals surface area (Å²) in [7, 11) is 0. The summed E-state index contributed by atoms with van der Waals surface area (Å²) in [6, 6.07) is 0.162. The Hall–Kier alpha value is -1.73. The maximum atomic E-state index is 6.02. The van der Waals surface area contributed by atoms with E-state index in [1.165, 1.54) is 18.4 Å². The highest BCUT2D eigenvalue weighted by Gasteiger charge is 2.32. The summed E-state index contributed by atoms with van der Waals surface area (Å²) < 4.78 is 17.1. The van der Waals surface area contributed by atoms with Gasteiger partial charge >= 0.3 is 0 Å². The summed E-state index contributed by atoms with van der Waals surface area (Å²) in [6.45, 7) is 6.73. The Balaban J connectivity index is 1.53. The molecule has 0 aromatic carbocycles. The first-order chi connectivity index (χ1) is 12.3. The van der Waals surface area contributed by atoms with Crippen LogP contribution in [0.4, 0.5) is 0 Å². The number of hydrogen-bond donors (Lipinski definition) is 0. The zero-order chi connectivity index (χ0) is 17.2. The lowest BCUT2D eigenvalue weighted by molar-refractivity contribution is 0.0793. The van der Waals surface area contributed by atoms with Crippen molar-refractivity contribution in [3.63, 3.8) is 0 Å². The Morgan fingerprint density at radius 2 is 2.00 bits per heavy atom. The lowest BCUT2D eigenvalue weighted by Gasteiger charge is -2.33. The summed E-state index contributed by atoms with van der Waals surface area (Å²) in [5.74, 6) is 2.26. The van der Waals surface area contributed by atoms with Gasteiger partial charge in [0.25, 0.3) is 0 Å². The molecule has 2 aliphatic heterocycles. The molecule has 7 nitrogen and oxygen atoms in total. The molecule has 2 saturated heterocycles. The average molecular weight is 346 g/mol. The van der Waals surface area contributed by atoms with E-state index in [-0.39, 0.29) is 12.1 Å². The predicted molar refractivity (Wildman–Crippen MR) is 89.8 cm³/mol. The summed E-state index contributed by atoms with van der Waals surface area (Å²) in [4.78, 5) is 2.43. The molecular weight excluding hydrogens is 320 g/mol. The number of rotatable bonds is 5. The summed E-state index contributed by atoms with van der Waals surface area (Å²) >= 11 is 0. The van der Waals surface area contributed by atoms with Gasteiger partial charge in [-0.3, -0.25) is 4.90 Å². The fraction of sp³-hybridized carbons (Fsp3) is 0.722. The third kappa shape index (κ3) is 3.35. The fourth-order valence-electron chi connectivity index (χ4n) is 3.86. The van der Waals surface area contributed by atoms with Crippen molar-refractivity contribution >= 4 is 0 Å². The maximum Gasteiger partial charge on any atom is 0.245 e. The molecule has 0 bridgehead atoms. The quantitative estimate of drug-likeness (QED) is 0.820. The van der Waals surface area contributed by atoms with E-state index in [2.05, 4.69) is 27.2 Å². The van der Waals surface area contributed by atoms with Gasteiger partial charge in [-0.2, -0.15) is 0 Å². The van der Waals surface area contributed by atoms with Crippen molar-refractivity contribution in [1.29, 1.82) is 0 Å². The van der Waals surface area contributed by atoms with Crippen molar-refractivity contribution in [1.82, 2.24) is 20.3 Å². The van der Waals surface area contributed by atoms with Gasteiger partial charge in [0.15, 0.2) is 0 Å². The molecule has 0 spiro atoms. The van der Waals surface area contributed by atoms with E-state index in [0.717, 1.165) is 62.7 Å². The Kier molecular flexibility index (Phi) is 4.85. The van der Waals surface area contributed by atoms with E-state index in [1.54, 1.807) is 0 Å². The number of ether oxygens (including phenoxy) is 1. The van der Waals surface area contributed by atoms with Crippen LogP contribution in [0.5, 0.6) is 0 Å². The minimum absolute atomic E-state index is 0.0229. The molecule has 25 heavy (non-hydrogen) atoms. The van der Waals surface area contributed by atoms with Gasteiger partial charge in [0.1, 0.15) is 11.9 Å². The topological polar surface area (TPSA) is 77.4 Å². The standard InChI is InChI=1S/C18H26N4O3/c1-3-14-13(12(2)25-21-14)11-22-9-5-4-7-15(22)17-19-20-18(24-17)16-8-6-10-23-16/h15-16H,3-11H2,1-2H3/t15?,16-/m1/s1. The number of nitrogens with zero attached hydrogens (tertiary/aromatic N) is 4. The lowest BCUT2D eigenvalue weighted by Crippen LogP contribution is -2.33. The lowest BCUT2D eigenvalue weighted by atomic mass is 10.0. The van der Waals surface area contributed by atoms with Crippen LogP contribution in [-0.2, 0) is 17.7 Å². The molecule has 0 N–H and O–H groups in total. The van der Waals surface area contributed by atoms with E-state index in [1.807, 2.05) is 6.92 Å². The number of piperidine rings is 1. The second kappa shape index (κ2) is 7.25. The molecule has 7 heteroatoms. The number of aryl methyl sites for hydroxylation is 2. The molecule has 2 fully saturated rings. The van der Waals surface area contributed by atoms with Crippen LogP contribution in [-0.4, -0.2) is 33.4 Å². The van der Waals surface area contributed by atoms with Crippen molar-refractivity contribution in [2.24, 2.45) is 0 Å². The third-order valence-corrected chi connectivity index (χ3v) is 5.32. The Bertz CT molecular complexity index is 705. The van der Waals surface area contributed by atoms with E-state index in [9.17, 15) is 0 Å². The summed E-state index contributed by atoms with van der Waals surface area (Å²) in [5, 5.41) is 12.8. The van der Waals surface area contributed by atoms with Crippen LogP contribution in [0, 0.1) is 6.92 Å². The number of hydrogen-bond acceptors (Lipinski definition) is 7. The molecule has 0 aliphatic carbocycles. The zero-order valence-corrected chi connectivity index (χ0v) is 15.0. The minimum atomic E-state index is -0.0229. The van der Waals surface area contributed by atoms with Crippen LogP contribution in [0.15, 0.2) is 8.94 Å². The van der Waals surface area contributed by atoms with Gasteiger partial charge in [0, 0.05) is 18.7 Å². The fourth-order valence-corrected chi connectivity index (χ4v) is 3.86. The summed E-state index contributed by atoms with van der Waals surface area (Å²) in [6.07, 6.45) is 6.30. The molecule has 2 aromatic heterocycles. The maximum absolute atomic E-state index is 6.02. The third-order valence-electron chi connectivity index (χ3n) is 5.32. The second-order valence-electron chi connectivity index (χ2n) is 6.98. The highest BCUT2D eigenvalue weighted by Crippen LogP contribution is 2.34. The predicted octanol–water partition coefficient (Wildman–Crippen LogP) is 3.51. The first-order valence-electron chi connectivity index (χ1n) is 9.39.